The lowest BCUT2D eigenvalue weighted by Crippen LogP contribution is -2.07. The zero-order valence-corrected chi connectivity index (χ0v) is 8.91. The second kappa shape index (κ2) is 3.92. The van der Waals surface area contributed by atoms with Crippen molar-refractivity contribution in [2.24, 2.45) is 5.73 Å². The predicted octanol–water partition coefficient (Wildman–Crippen LogP) is 2.05. The van der Waals surface area contributed by atoms with Gasteiger partial charge in [0.05, 0.1) is 5.69 Å². The van der Waals surface area contributed by atoms with E-state index in [0.29, 0.717) is 5.92 Å². The topological polar surface area (TPSA) is 43.8 Å². The minimum absolute atomic E-state index is 0.0327. The van der Waals surface area contributed by atoms with Gasteiger partial charge in [0.15, 0.2) is 0 Å². The fourth-order valence-corrected chi connectivity index (χ4v) is 1.39. The number of aromatic nitrogens is 2. The van der Waals surface area contributed by atoms with E-state index >= 15 is 0 Å². The summed E-state index contributed by atoms with van der Waals surface area (Å²) in [5, 5.41) is 4.44. The summed E-state index contributed by atoms with van der Waals surface area (Å²) in [7, 11) is 0. The third kappa shape index (κ3) is 2.10. The molecule has 0 saturated carbocycles. The highest BCUT2D eigenvalue weighted by Crippen LogP contribution is 2.18. The van der Waals surface area contributed by atoms with Crippen LogP contribution in [0.2, 0.25) is 0 Å². The van der Waals surface area contributed by atoms with Crippen molar-refractivity contribution < 1.29 is 0 Å². The van der Waals surface area contributed by atoms with E-state index in [9.17, 15) is 0 Å². The predicted molar refractivity (Wildman–Crippen MR) is 54.6 cm³/mol. The first-order valence-electron chi connectivity index (χ1n) is 4.89. The van der Waals surface area contributed by atoms with Gasteiger partial charge < -0.3 is 5.73 Å². The Morgan fingerprint density at radius 1 is 1.46 bits per heavy atom. The molecule has 1 rings (SSSR count). The molecule has 0 aromatic carbocycles. The maximum absolute atomic E-state index is 5.77. The van der Waals surface area contributed by atoms with Gasteiger partial charge >= 0.3 is 0 Å². The van der Waals surface area contributed by atoms with Crippen molar-refractivity contribution in [1.82, 2.24) is 9.78 Å². The highest BCUT2D eigenvalue weighted by molar-refractivity contribution is 5.15. The molecule has 1 unspecified atom stereocenters. The third-order valence-electron chi connectivity index (χ3n) is 2.19. The minimum atomic E-state index is 0.0327. The van der Waals surface area contributed by atoms with E-state index in [-0.39, 0.29) is 6.04 Å². The molecule has 3 heteroatoms. The summed E-state index contributed by atoms with van der Waals surface area (Å²) >= 11 is 0. The van der Waals surface area contributed by atoms with E-state index in [1.54, 1.807) is 0 Å². The Hall–Kier alpha value is -0.830. The first-order valence-corrected chi connectivity index (χ1v) is 4.89. The largest absolute Gasteiger partial charge is 0.323 e. The molecule has 0 amide bonds. The third-order valence-corrected chi connectivity index (χ3v) is 2.19. The van der Waals surface area contributed by atoms with Gasteiger partial charge in [-0.1, -0.05) is 13.8 Å². The van der Waals surface area contributed by atoms with Crippen molar-refractivity contribution in [2.75, 3.05) is 0 Å². The van der Waals surface area contributed by atoms with Crippen LogP contribution in [0.15, 0.2) is 6.07 Å². The van der Waals surface area contributed by atoms with Crippen molar-refractivity contribution in [3.05, 3.63) is 17.5 Å². The van der Waals surface area contributed by atoms with Crippen LogP contribution in [-0.4, -0.2) is 9.78 Å². The van der Waals surface area contributed by atoms with E-state index < -0.39 is 0 Å². The number of rotatable bonds is 3. The lowest BCUT2D eigenvalue weighted by atomic mass is 10.1. The van der Waals surface area contributed by atoms with Crippen LogP contribution >= 0.6 is 0 Å². The van der Waals surface area contributed by atoms with Crippen LogP contribution in [0.4, 0.5) is 0 Å². The summed E-state index contributed by atoms with van der Waals surface area (Å²) in [5.41, 5.74) is 8.04. The number of hydrogen-bond donors (Lipinski definition) is 1. The molecular weight excluding hydrogens is 162 g/mol. The molecule has 0 bridgehead atoms. The van der Waals surface area contributed by atoms with Crippen molar-refractivity contribution in [3.8, 4) is 0 Å². The van der Waals surface area contributed by atoms with Crippen molar-refractivity contribution >= 4 is 0 Å². The summed E-state index contributed by atoms with van der Waals surface area (Å²) in [4.78, 5) is 0. The van der Waals surface area contributed by atoms with Gasteiger partial charge in [-0.2, -0.15) is 5.10 Å². The van der Waals surface area contributed by atoms with E-state index in [4.69, 9.17) is 5.73 Å². The van der Waals surface area contributed by atoms with Gasteiger partial charge in [-0.3, -0.25) is 4.68 Å². The maximum atomic E-state index is 5.77. The molecule has 0 aliphatic rings. The number of aryl methyl sites for hydroxylation is 1. The van der Waals surface area contributed by atoms with Crippen molar-refractivity contribution in [1.29, 1.82) is 0 Å². The number of hydrogen-bond acceptors (Lipinski definition) is 2. The van der Waals surface area contributed by atoms with Crippen LogP contribution in [-0.2, 0) is 6.54 Å². The molecule has 1 aromatic rings. The van der Waals surface area contributed by atoms with Crippen LogP contribution in [0.5, 0.6) is 0 Å². The summed E-state index contributed by atoms with van der Waals surface area (Å²) in [5.74, 6) is 0.514. The second-order valence-corrected chi connectivity index (χ2v) is 3.75. The van der Waals surface area contributed by atoms with Gasteiger partial charge in [0.2, 0.25) is 0 Å². The Morgan fingerprint density at radius 3 is 2.38 bits per heavy atom. The molecule has 13 heavy (non-hydrogen) atoms. The summed E-state index contributed by atoms with van der Waals surface area (Å²) in [6, 6.07) is 2.14. The second-order valence-electron chi connectivity index (χ2n) is 3.75. The van der Waals surface area contributed by atoms with Crippen LogP contribution in [0, 0.1) is 0 Å². The zero-order chi connectivity index (χ0) is 10.0. The minimum Gasteiger partial charge on any atom is -0.323 e. The van der Waals surface area contributed by atoms with Gasteiger partial charge in [0.25, 0.3) is 0 Å². The van der Waals surface area contributed by atoms with Gasteiger partial charge in [-0.15, -0.1) is 0 Å². The average molecular weight is 181 g/mol. The summed E-state index contributed by atoms with van der Waals surface area (Å²) < 4.78 is 2.03. The molecule has 0 aliphatic carbocycles. The Kier molecular flexibility index (Phi) is 3.09. The Labute approximate surface area is 79.9 Å². The molecule has 74 valence electrons. The molecular formula is C10H19N3. The molecule has 0 aliphatic heterocycles. The zero-order valence-electron chi connectivity index (χ0n) is 8.91. The monoisotopic (exact) mass is 181 g/mol. The van der Waals surface area contributed by atoms with Crippen molar-refractivity contribution in [2.45, 2.75) is 46.2 Å². The van der Waals surface area contributed by atoms with E-state index in [2.05, 4.69) is 31.9 Å². The fourth-order valence-electron chi connectivity index (χ4n) is 1.39. The van der Waals surface area contributed by atoms with Gasteiger partial charge in [-0.05, 0) is 25.8 Å². The number of nitrogens with two attached hydrogens (primary N) is 1. The van der Waals surface area contributed by atoms with Crippen LogP contribution in [0.1, 0.15) is 51.0 Å². The standard InChI is InChI=1S/C10H19N3/c1-5-13-10(7(2)3)6-9(12-13)8(4)11/h6-8H,5,11H2,1-4H3. The van der Waals surface area contributed by atoms with Gasteiger partial charge in [-0.25, -0.2) is 0 Å². The molecule has 0 saturated heterocycles. The van der Waals surface area contributed by atoms with E-state index in [0.717, 1.165) is 12.2 Å². The smallest absolute Gasteiger partial charge is 0.0791 e. The van der Waals surface area contributed by atoms with E-state index in [1.165, 1.54) is 5.69 Å². The lowest BCUT2D eigenvalue weighted by Gasteiger charge is -2.06. The lowest BCUT2D eigenvalue weighted by molar-refractivity contribution is 0.584. The fraction of sp³-hybridized carbons (Fsp3) is 0.700. The first-order chi connectivity index (χ1) is 6.06. The molecule has 2 N–H and O–H groups in total. The average Bonchev–Trinajstić information content (AvgIpc) is 2.47. The Morgan fingerprint density at radius 2 is 2.08 bits per heavy atom. The Bertz CT molecular complexity index is 274. The van der Waals surface area contributed by atoms with Gasteiger partial charge in [0, 0.05) is 18.3 Å². The highest BCUT2D eigenvalue weighted by atomic mass is 15.3. The van der Waals surface area contributed by atoms with Crippen LogP contribution in [0.25, 0.3) is 0 Å². The van der Waals surface area contributed by atoms with Crippen molar-refractivity contribution in [3.63, 3.8) is 0 Å². The summed E-state index contributed by atoms with van der Waals surface area (Å²) in [6.07, 6.45) is 0. The molecule has 1 aromatic heterocycles. The van der Waals surface area contributed by atoms with Crippen LogP contribution in [0.3, 0.4) is 0 Å². The van der Waals surface area contributed by atoms with Crippen LogP contribution < -0.4 is 5.73 Å². The first kappa shape index (κ1) is 10.3. The highest BCUT2D eigenvalue weighted by Gasteiger charge is 2.11. The quantitative estimate of drug-likeness (QED) is 0.775. The normalized spacial score (nSPS) is 13.7. The molecule has 0 fully saturated rings. The molecule has 1 heterocycles. The maximum Gasteiger partial charge on any atom is 0.0791 e. The number of nitrogens with zero attached hydrogens (tertiary/aromatic N) is 2. The summed E-state index contributed by atoms with van der Waals surface area (Å²) in [6.45, 7) is 9.33. The molecule has 0 spiro atoms. The SMILES string of the molecule is CCn1nc(C(C)N)cc1C(C)C. The molecule has 3 nitrogen and oxygen atoms in total. The molecule has 0 radical (unpaired) electrons. The van der Waals surface area contributed by atoms with Gasteiger partial charge in [0.1, 0.15) is 0 Å². The Balaban J connectivity index is 3.04. The molecule has 1 atom stereocenters. The van der Waals surface area contributed by atoms with E-state index in [1.807, 2.05) is 11.6 Å².